The Hall–Kier alpha value is -0.330. The molecule has 0 spiro atoms. The van der Waals surface area contributed by atoms with Gasteiger partial charge in [0.1, 0.15) is 6.61 Å². The Kier molecular flexibility index (Phi) is 6.38. The summed E-state index contributed by atoms with van der Waals surface area (Å²) >= 11 is 0. The summed E-state index contributed by atoms with van der Waals surface area (Å²) in [4.78, 5) is 0. The molecule has 18 heavy (non-hydrogen) atoms. The second-order valence-corrected chi connectivity index (χ2v) is 4.98. The molecule has 108 valence electrons. The maximum absolute atomic E-state index is 11.8. The number of alkyl halides is 3. The molecule has 1 aliphatic carbocycles. The van der Waals surface area contributed by atoms with Crippen molar-refractivity contribution in [2.75, 3.05) is 26.3 Å². The van der Waals surface area contributed by atoms with Gasteiger partial charge in [-0.05, 0) is 12.8 Å². The van der Waals surface area contributed by atoms with Gasteiger partial charge in [0.2, 0.25) is 0 Å². The summed E-state index contributed by atoms with van der Waals surface area (Å²) < 4.78 is 39.8. The molecule has 0 atom stereocenters. The van der Waals surface area contributed by atoms with Gasteiger partial charge in [-0.25, -0.2) is 0 Å². The zero-order chi connectivity index (χ0) is 13.5. The molecule has 0 aromatic heterocycles. The van der Waals surface area contributed by atoms with Crippen molar-refractivity contribution in [2.45, 2.75) is 50.3 Å². The first-order chi connectivity index (χ1) is 8.41. The molecule has 0 aliphatic heterocycles. The number of rotatable bonds is 6. The molecule has 2 N–H and O–H groups in total. The van der Waals surface area contributed by atoms with Crippen LogP contribution in [0.1, 0.15) is 38.5 Å². The van der Waals surface area contributed by atoms with E-state index in [1.165, 1.54) is 0 Å². The molecule has 1 aliphatic rings. The molecule has 0 unspecified atom stereocenters. The van der Waals surface area contributed by atoms with Gasteiger partial charge < -0.3 is 15.2 Å². The van der Waals surface area contributed by atoms with E-state index in [0.717, 1.165) is 38.5 Å². The van der Waals surface area contributed by atoms with E-state index in [4.69, 9.17) is 0 Å². The van der Waals surface area contributed by atoms with Crippen LogP contribution in [0, 0.1) is 0 Å². The van der Waals surface area contributed by atoms with Gasteiger partial charge >= 0.3 is 6.18 Å². The van der Waals surface area contributed by atoms with E-state index in [1.807, 2.05) is 0 Å². The van der Waals surface area contributed by atoms with Gasteiger partial charge in [0.05, 0.1) is 12.2 Å². The molecular weight excluding hydrogens is 247 g/mol. The highest BCUT2D eigenvalue weighted by Gasteiger charge is 2.28. The van der Waals surface area contributed by atoms with Crippen molar-refractivity contribution in [1.29, 1.82) is 0 Å². The highest BCUT2D eigenvalue weighted by Crippen LogP contribution is 2.26. The van der Waals surface area contributed by atoms with Crippen LogP contribution in [0.3, 0.4) is 0 Å². The molecule has 6 heteroatoms. The fourth-order valence-electron chi connectivity index (χ4n) is 2.22. The Labute approximate surface area is 106 Å². The summed E-state index contributed by atoms with van der Waals surface area (Å²) in [7, 11) is 0. The minimum Gasteiger partial charge on any atom is -0.389 e. The van der Waals surface area contributed by atoms with E-state index < -0.39 is 18.4 Å². The average Bonchev–Trinajstić information content (AvgIpc) is 2.47. The lowest BCUT2D eigenvalue weighted by molar-refractivity contribution is -0.173. The lowest BCUT2D eigenvalue weighted by Gasteiger charge is -2.26. The Morgan fingerprint density at radius 1 is 1.11 bits per heavy atom. The highest BCUT2D eigenvalue weighted by atomic mass is 19.4. The van der Waals surface area contributed by atoms with Crippen molar-refractivity contribution in [3.63, 3.8) is 0 Å². The normalized spacial score (nSPS) is 20.7. The lowest BCUT2D eigenvalue weighted by atomic mass is 9.94. The summed E-state index contributed by atoms with van der Waals surface area (Å²) in [5.41, 5.74) is -0.694. The molecule has 0 bridgehead atoms. The van der Waals surface area contributed by atoms with Crippen molar-refractivity contribution in [1.82, 2.24) is 5.32 Å². The van der Waals surface area contributed by atoms with E-state index in [1.54, 1.807) is 0 Å². The molecule has 0 amide bonds. The number of halogens is 3. The van der Waals surface area contributed by atoms with Crippen molar-refractivity contribution in [3.8, 4) is 0 Å². The highest BCUT2D eigenvalue weighted by molar-refractivity contribution is 4.83. The minimum absolute atomic E-state index is 0.00951. The second kappa shape index (κ2) is 7.31. The van der Waals surface area contributed by atoms with Gasteiger partial charge in [0, 0.05) is 13.1 Å². The van der Waals surface area contributed by atoms with Crippen molar-refractivity contribution in [3.05, 3.63) is 0 Å². The van der Waals surface area contributed by atoms with Crippen LogP contribution < -0.4 is 5.32 Å². The lowest BCUT2D eigenvalue weighted by Crippen LogP contribution is -2.41. The molecule has 1 fully saturated rings. The summed E-state index contributed by atoms with van der Waals surface area (Å²) in [6.45, 7) is -0.435. The monoisotopic (exact) mass is 269 g/mol. The largest absolute Gasteiger partial charge is 0.411 e. The molecule has 0 saturated heterocycles. The third-order valence-corrected chi connectivity index (χ3v) is 3.18. The van der Waals surface area contributed by atoms with Crippen LogP contribution in [-0.2, 0) is 4.74 Å². The molecule has 3 nitrogen and oxygen atoms in total. The quantitative estimate of drug-likeness (QED) is 0.574. The predicted octanol–water partition coefficient (Wildman–Crippen LogP) is 2.24. The number of nitrogens with one attached hydrogen (secondary N) is 1. The third-order valence-electron chi connectivity index (χ3n) is 3.18. The van der Waals surface area contributed by atoms with E-state index in [0.29, 0.717) is 13.1 Å². The average molecular weight is 269 g/mol. The predicted molar refractivity (Wildman–Crippen MR) is 62.4 cm³/mol. The van der Waals surface area contributed by atoms with Gasteiger partial charge in [-0.1, -0.05) is 25.7 Å². The second-order valence-electron chi connectivity index (χ2n) is 4.98. The van der Waals surface area contributed by atoms with Crippen LogP contribution in [0.4, 0.5) is 13.2 Å². The van der Waals surface area contributed by atoms with Crippen LogP contribution in [0.2, 0.25) is 0 Å². The van der Waals surface area contributed by atoms with Crippen LogP contribution in [0.25, 0.3) is 0 Å². The van der Waals surface area contributed by atoms with Crippen molar-refractivity contribution >= 4 is 0 Å². The number of hydrogen-bond acceptors (Lipinski definition) is 3. The smallest absolute Gasteiger partial charge is 0.389 e. The molecule has 0 aromatic rings. The first-order valence-electron chi connectivity index (χ1n) is 6.49. The molecule has 0 heterocycles. The first kappa shape index (κ1) is 15.7. The maximum Gasteiger partial charge on any atom is 0.411 e. The SMILES string of the molecule is OC1(CNCCOCC(F)(F)F)CCCCCC1. The fourth-order valence-corrected chi connectivity index (χ4v) is 2.22. The molecule has 0 radical (unpaired) electrons. The Bertz CT molecular complexity index is 226. The van der Waals surface area contributed by atoms with Crippen molar-refractivity contribution < 1.29 is 23.0 Å². The van der Waals surface area contributed by atoms with E-state index in [9.17, 15) is 18.3 Å². The molecule has 1 rings (SSSR count). The number of hydrogen-bond donors (Lipinski definition) is 2. The third kappa shape index (κ3) is 7.18. The topological polar surface area (TPSA) is 41.5 Å². The van der Waals surface area contributed by atoms with Gasteiger partial charge in [0.15, 0.2) is 0 Å². The molecular formula is C12H22F3NO2. The Balaban J connectivity index is 2.06. The van der Waals surface area contributed by atoms with Gasteiger partial charge in [-0.2, -0.15) is 13.2 Å². The van der Waals surface area contributed by atoms with Crippen LogP contribution in [0.5, 0.6) is 0 Å². The summed E-state index contributed by atoms with van der Waals surface area (Å²) in [5.74, 6) is 0. The Morgan fingerprint density at radius 3 is 2.28 bits per heavy atom. The van der Waals surface area contributed by atoms with Gasteiger partial charge in [0.25, 0.3) is 0 Å². The van der Waals surface area contributed by atoms with Crippen LogP contribution in [-0.4, -0.2) is 43.2 Å². The first-order valence-corrected chi connectivity index (χ1v) is 6.49. The summed E-state index contributed by atoms with van der Waals surface area (Å²) in [5, 5.41) is 13.2. The zero-order valence-electron chi connectivity index (χ0n) is 10.6. The summed E-state index contributed by atoms with van der Waals surface area (Å²) in [6.07, 6.45) is 1.60. The minimum atomic E-state index is -4.26. The van der Waals surface area contributed by atoms with Crippen molar-refractivity contribution in [2.24, 2.45) is 0 Å². The molecule has 0 aromatic carbocycles. The van der Waals surface area contributed by atoms with Crippen LogP contribution in [0.15, 0.2) is 0 Å². The zero-order valence-corrected chi connectivity index (χ0v) is 10.6. The van der Waals surface area contributed by atoms with E-state index >= 15 is 0 Å². The summed E-state index contributed by atoms with van der Waals surface area (Å²) in [6, 6.07) is 0. The van der Waals surface area contributed by atoms with E-state index in [-0.39, 0.29) is 6.61 Å². The van der Waals surface area contributed by atoms with Gasteiger partial charge in [-0.15, -0.1) is 0 Å². The fraction of sp³-hybridized carbons (Fsp3) is 1.00. The maximum atomic E-state index is 11.8. The molecule has 1 saturated carbocycles. The standard InChI is InChI=1S/C12H22F3NO2/c13-12(14,15)10-18-8-7-16-9-11(17)5-3-1-2-4-6-11/h16-17H,1-10H2. The van der Waals surface area contributed by atoms with E-state index in [2.05, 4.69) is 10.1 Å². The van der Waals surface area contributed by atoms with Crippen LogP contribution >= 0.6 is 0 Å². The van der Waals surface area contributed by atoms with Gasteiger partial charge in [-0.3, -0.25) is 0 Å². The number of aliphatic hydroxyl groups is 1. The number of ether oxygens (including phenoxy) is 1. The Morgan fingerprint density at radius 2 is 1.72 bits per heavy atom.